The maximum atomic E-state index is 13.0. The van der Waals surface area contributed by atoms with E-state index in [2.05, 4.69) is 0 Å². The van der Waals surface area contributed by atoms with Crippen LogP contribution in [0.3, 0.4) is 0 Å². The number of pyridine rings is 1. The lowest BCUT2D eigenvalue weighted by Gasteiger charge is -2.18. The van der Waals surface area contributed by atoms with Gasteiger partial charge in [-0.25, -0.2) is 4.39 Å². The first-order valence-corrected chi connectivity index (χ1v) is 6.20. The van der Waals surface area contributed by atoms with Gasteiger partial charge < -0.3 is 10.3 Å². The predicted molar refractivity (Wildman–Crippen MR) is 74.6 cm³/mol. The summed E-state index contributed by atoms with van der Waals surface area (Å²) in [6.45, 7) is 2.07. The number of hydrogen-bond acceptors (Lipinski definition) is 3. The van der Waals surface area contributed by atoms with Crippen LogP contribution in [0, 0.1) is 17.1 Å². The fraction of sp³-hybridized carbons (Fsp3) is 0.200. The van der Waals surface area contributed by atoms with Gasteiger partial charge in [-0.05, 0) is 48.9 Å². The number of aromatic nitrogens is 1. The highest BCUT2D eigenvalue weighted by Crippen LogP contribution is 2.21. The van der Waals surface area contributed by atoms with Crippen molar-refractivity contribution >= 4 is 0 Å². The van der Waals surface area contributed by atoms with Crippen molar-refractivity contribution in [2.24, 2.45) is 5.73 Å². The van der Waals surface area contributed by atoms with Crippen molar-refractivity contribution < 1.29 is 4.39 Å². The SMILES string of the molecule is CC(CN)n1c(-c2ccc(F)cc2)ccc(C#N)c1=O. The van der Waals surface area contributed by atoms with Crippen LogP contribution in [0.2, 0.25) is 0 Å². The zero-order valence-electron chi connectivity index (χ0n) is 11.0. The Balaban J connectivity index is 2.70. The second-order valence-electron chi connectivity index (χ2n) is 4.51. The quantitative estimate of drug-likeness (QED) is 0.928. The molecule has 0 amide bonds. The normalized spacial score (nSPS) is 11.9. The summed E-state index contributed by atoms with van der Waals surface area (Å²) in [7, 11) is 0. The number of nitriles is 1. The average Bonchev–Trinajstić information content (AvgIpc) is 2.47. The van der Waals surface area contributed by atoms with Crippen LogP contribution in [-0.2, 0) is 0 Å². The zero-order valence-corrected chi connectivity index (χ0v) is 11.0. The fourth-order valence-corrected chi connectivity index (χ4v) is 2.04. The molecule has 0 bridgehead atoms. The molecule has 1 heterocycles. The summed E-state index contributed by atoms with van der Waals surface area (Å²) >= 11 is 0. The Morgan fingerprint density at radius 3 is 2.50 bits per heavy atom. The van der Waals surface area contributed by atoms with Crippen molar-refractivity contribution in [3.8, 4) is 17.3 Å². The first kappa shape index (κ1) is 14.0. The third-order valence-corrected chi connectivity index (χ3v) is 3.16. The number of nitrogens with two attached hydrogens (primary N) is 1. The molecule has 0 spiro atoms. The highest BCUT2D eigenvalue weighted by Gasteiger charge is 2.14. The average molecular weight is 271 g/mol. The van der Waals surface area contributed by atoms with Crippen LogP contribution in [0.15, 0.2) is 41.2 Å². The summed E-state index contributed by atoms with van der Waals surface area (Å²) in [5.74, 6) is -0.344. The maximum Gasteiger partial charge on any atom is 0.269 e. The zero-order chi connectivity index (χ0) is 14.7. The maximum absolute atomic E-state index is 13.0. The van der Waals surface area contributed by atoms with Crippen LogP contribution in [0.4, 0.5) is 4.39 Å². The standard InChI is InChI=1S/C15H14FN3O/c1-10(8-17)19-14(7-4-12(9-18)15(19)20)11-2-5-13(16)6-3-11/h2-7,10H,8,17H2,1H3. The minimum atomic E-state index is -0.382. The van der Waals surface area contributed by atoms with Gasteiger partial charge in [0.15, 0.2) is 0 Å². The van der Waals surface area contributed by atoms with Crippen molar-refractivity contribution in [3.05, 3.63) is 58.1 Å². The first-order chi connectivity index (χ1) is 9.58. The van der Waals surface area contributed by atoms with Gasteiger partial charge in [0.25, 0.3) is 5.56 Å². The van der Waals surface area contributed by atoms with Crippen LogP contribution < -0.4 is 11.3 Å². The van der Waals surface area contributed by atoms with Gasteiger partial charge in [0.05, 0.1) is 5.69 Å². The van der Waals surface area contributed by atoms with Gasteiger partial charge in [0, 0.05) is 12.6 Å². The molecule has 4 nitrogen and oxygen atoms in total. The van der Waals surface area contributed by atoms with Crippen LogP contribution in [0.1, 0.15) is 18.5 Å². The lowest BCUT2D eigenvalue weighted by atomic mass is 10.1. The molecular formula is C15H14FN3O. The van der Waals surface area contributed by atoms with E-state index in [1.807, 2.05) is 6.07 Å². The molecule has 2 rings (SSSR count). The van der Waals surface area contributed by atoms with Crippen molar-refractivity contribution in [1.82, 2.24) is 4.57 Å². The van der Waals surface area contributed by atoms with E-state index in [0.717, 1.165) is 0 Å². The Kier molecular flexibility index (Phi) is 3.97. The third kappa shape index (κ3) is 2.46. The van der Waals surface area contributed by atoms with Crippen LogP contribution in [0.25, 0.3) is 11.3 Å². The summed E-state index contributed by atoms with van der Waals surface area (Å²) in [5, 5.41) is 8.95. The Hall–Kier alpha value is -2.45. The van der Waals surface area contributed by atoms with Crippen LogP contribution in [0.5, 0.6) is 0 Å². The molecule has 0 fully saturated rings. The Labute approximate surface area is 115 Å². The molecule has 0 saturated carbocycles. The van der Waals surface area contributed by atoms with Crippen molar-refractivity contribution in [3.63, 3.8) is 0 Å². The van der Waals surface area contributed by atoms with Gasteiger partial charge in [0.1, 0.15) is 17.4 Å². The van der Waals surface area contributed by atoms with E-state index in [4.69, 9.17) is 11.0 Å². The smallest absolute Gasteiger partial charge is 0.269 e. The summed E-state index contributed by atoms with van der Waals surface area (Å²) < 4.78 is 14.5. The van der Waals surface area contributed by atoms with E-state index in [0.29, 0.717) is 11.3 Å². The summed E-state index contributed by atoms with van der Waals surface area (Å²) in [6.07, 6.45) is 0. The number of rotatable bonds is 3. The van der Waals surface area contributed by atoms with Gasteiger partial charge in [-0.3, -0.25) is 4.79 Å². The molecular weight excluding hydrogens is 257 g/mol. The minimum Gasteiger partial charge on any atom is -0.328 e. The molecule has 0 radical (unpaired) electrons. The largest absolute Gasteiger partial charge is 0.328 e. The summed E-state index contributed by atoms with van der Waals surface area (Å²) in [5.41, 5.74) is 6.64. The van der Waals surface area contributed by atoms with Gasteiger partial charge in [0.2, 0.25) is 0 Å². The number of hydrogen-bond donors (Lipinski definition) is 1. The van der Waals surface area contributed by atoms with Crippen LogP contribution >= 0.6 is 0 Å². The van der Waals surface area contributed by atoms with Gasteiger partial charge in [-0.15, -0.1) is 0 Å². The van der Waals surface area contributed by atoms with Crippen LogP contribution in [-0.4, -0.2) is 11.1 Å². The Bertz CT molecular complexity index is 713. The minimum absolute atomic E-state index is 0.0659. The van der Waals surface area contributed by atoms with Crippen molar-refractivity contribution in [1.29, 1.82) is 5.26 Å². The highest BCUT2D eigenvalue weighted by molar-refractivity contribution is 5.60. The summed E-state index contributed by atoms with van der Waals surface area (Å²) in [6, 6.07) is 10.6. The Morgan fingerprint density at radius 2 is 1.95 bits per heavy atom. The molecule has 0 aliphatic carbocycles. The van der Waals surface area contributed by atoms with Gasteiger partial charge in [-0.2, -0.15) is 5.26 Å². The number of halogens is 1. The monoisotopic (exact) mass is 271 g/mol. The molecule has 102 valence electrons. The second-order valence-corrected chi connectivity index (χ2v) is 4.51. The van der Waals surface area contributed by atoms with Gasteiger partial charge >= 0.3 is 0 Å². The van der Waals surface area contributed by atoms with E-state index >= 15 is 0 Å². The van der Waals surface area contributed by atoms with E-state index in [9.17, 15) is 9.18 Å². The molecule has 5 heteroatoms. The molecule has 1 aromatic carbocycles. The van der Waals surface area contributed by atoms with E-state index < -0.39 is 0 Å². The number of benzene rings is 1. The Morgan fingerprint density at radius 1 is 1.30 bits per heavy atom. The molecule has 0 aliphatic rings. The van der Waals surface area contributed by atoms with Crippen molar-refractivity contribution in [2.45, 2.75) is 13.0 Å². The highest BCUT2D eigenvalue weighted by atomic mass is 19.1. The van der Waals surface area contributed by atoms with E-state index in [-0.39, 0.29) is 29.5 Å². The molecule has 1 atom stereocenters. The molecule has 0 saturated heterocycles. The van der Waals surface area contributed by atoms with E-state index in [1.54, 1.807) is 25.1 Å². The molecule has 20 heavy (non-hydrogen) atoms. The predicted octanol–water partition coefficient (Wildman–Crippen LogP) is 2.05. The molecule has 1 unspecified atom stereocenters. The third-order valence-electron chi connectivity index (χ3n) is 3.16. The first-order valence-electron chi connectivity index (χ1n) is 6.20. The number of nitrogens with zero attached hydrogens (tertiary/aromatic N) is 2. The molecule has 2 N–H and O–H groups in total. The molecule has 1 aromatic heterocycles. The molecule has 0 aliphatic heterocycles. The lowest BCUT2D eigenvalue weighted by molar-refractivity contribution is 0.545. The molecule has 2 aromatic rings. The topological polar surface area (TPSA) is 71.8 Å². The lowest BCUT2D eigenvalue weighted by Crippen LogP contribution is -2.30. The van der Waals surface area contributed by atoms with Gasteiger partial charge in [-0.1, -0.05) is 0 Å². The second kappa shape index (κ2) is 5.68. The fourth-order valence-electron chi connectivity index (χ4n) is 2.04. The van der Waals surface area contributed by atoms with E-state index in [1.165, 1.54) is 22.8 Å². The summed E-state index contributed by atoms with van der Waals surface area (Å²) in [4.78, 5) is 12.3. The van der Waals surface area contributed by atoms with Crippen molar-refractivity contribution in [2.75, 3.05) is 6.54 Å².